The van der Waals surface area contributed by atoms with E-state index >= 15 is 0 Å². The lowest BCUT2D eigenvalue weighted by molar-refractivity contribution is 0.102. The highest BCUT2D eigenvalue weighted by Crippen LogP contribution is 2.25. The first-order valence-electron chi connectivity index (χ1n) is 5.77. The minimum atomic E-state index is -0.385. The van der Waals surface area contributed by atoms with E-state index in [-0.39, 0.29) is 21.8 Å². The van der Waals surface area contributed by atoms with Gasteiger partial charge in [0.15, 0.2) is 0 Å². The SMILES string of the molecule is Cc1cc(Cl)c(C(=O)Nc2cc(Br)c(F)cc2C)cn1. The Kier molecular flexibility index (Phi) is 4.40. The molecule has 3 nitrogen and oxygen atoms in total. The highest BCUT2D eigenvalue weighted by atomic mass is 79.9. The molecule has 0 aliphatic heterocycles. The lowest BCUT2D eigenvalue weighted by atomic mass is 10.1. The molecule has 0 atom stereocenters. The number of carbonyl (C=O) groups is 1. The van der Waals surface area contributed by atoms with Gasteiger partial charge < -0.3 is 5.32 Å². The molecule has 0 bridgehead atoms. The normalized spacial score (nSPS) is 10.4. The van der Waals surface area contributed by atoms with E-state index in [0.717, 1.165) is 5.69 Å². The summed E-state index contributed by atoms with van der Waals surface area (Å²) in [6, 6.07) is 4.47. The summed E-state index contributed by atoms with van der Waals surface area (Å²) in [5.74, 6) is -0.764. The fraction of sp³-hybridized carbons (Fsp3) is 0.143. The standard InChI is InChI=1S/C14H11BrClFN2O/c1-7-3-12(17)10(15)5-13(7)19-14(20)9-6-18-8(2)4-11(9)16/h3-6H,1-2H3,(H,19,20). The van der Waals surface area contributed by atoms with Gasteiger partial charge in [-0.3, -0.25) is 9.78 Å². The molecule has 0 spiro atoms. The van der Waals surface area contributed by atoms with Crippen molar-refractivity contribution in [1.82, 2.24) is 4.98 Å². The lowest BCUT2D eigenvalue weighted by Gasteiger charge is -2.10. The predicted octanol–water partition coefficient (Wildman–Crippen LogP) is 4.51. The zero-order valence-corrected chi connectivity index (χ0v) is 13.1. The lowest BCUT2D eigenvalue weighted by Crippen LogP contribution is -2.14. The van der Waals surface area contributed by atoms with E-state index in [1.54, 1.807) is 19.9 Å². The molecular formula is C14H11BrClFN2O. The molecule has 0 aliphatic carbocycles. The topological polar surface area (TPSA) is 42.0 Å². The molecular weight excluding hydrogens is 347 g/mol. The molecule has 1 amide bonds. The molecule has 1 aromatic heterocycles. The van der Waals surface area contributed by atoms with E-state index in [2.05, 4.69) is 26.2 Å². The van der Waals surface area contributed by atoms with Gasteiger partial charge in [-0.15, -0.1) is 0 Å². The molecule has 0 aliphatic rings. The number of nitrogens with zero attached hydrogens (tertiary/aromatic N) is 1. The molecule has 2 aromatic rings. The van der Waals surface area contributed by atoms with Crippen molar-refractivity contribution < 1.29 is 9.18 Å². The third-order valence-electron chi connectivity index (χ3n) is 2.75. The largest absolute Gasteiger partial charge is 0.322 e. The summed E-state index contributed by atoms with van der Waals surface area (Å²) >= 11 is 9.10. The Bertz CT molecular complexity index is 691. The Hall–Kier alpha value is -1.46. The molecule has 0 saturated carbocycles. The molecule has 0 saturated heterocycles. The highest BCUT2D eigenvalue weighted by molar-refractivity contribution is 9.10. The van der Waals surface area contributed by atoms with E-state index in [9.17, 15) is 9.18 Å². The van der Waals surface area contributed by atoms with E-state index in [1.165, 1.54) is 18.3 Å². The summed E-state index contributed by atoms with van der Waals surface area (Å²) in [5.41, 5.74) is 2.14. The van der Waals surface area contributed by atoms with Crippen molar-refractivity contribution in [1.29, 1.82) is 0 Å². The van der Waals surface area contributed by atoms with Gasteiger partial charge in [0.05, 0.1) is 15.1 Å². The van der Waals surface area contributed by atoms with Crippen LogP contribution in [0.15, 0.2) is 28.9 Å². The summed E-state index contributed by atoms with van der Waals surface area (Å²) in [5, 5.41) is 3.02. The van der Waals surface area contributed by atoms with Gasteiger partial charge in [-0.2, -0.15) is 0 Å². The number of anilines is 1. The van der Waals surface area contributed by atoms with Crippen LogP contribution in [0.1, 0.15) is 21.6 Å². The van der Waals surface area contributed by atoms with Crippen LogP contribution in [0.3, 0.4) is 0 Å². The van der Waals surface area contributed by atoms with Crippen LogP contribution in [0.2, 0.25) is 5.02 Å². The van der Waals surface area contributed by atoms with Crippen molar-refractivity contribution in [2.45, 2.75) is 13.8 Å². The van der Waals surface area contributed by atoms with Crippen LogP contribution < -0.4 is 5.32 Å². The smallest absolute Gasteiger partial charge is 0.258 e. The summed E-state index contributed by atoms with van der Waals surface area (Å²) < 4.78 is 13.6. The summed E-state index contributed by atoms with van der Waals surface area (Å²) in [4.78, 5) is 16.2. The van der Waals surface area contributed by atoms with Crippen LogP contribution >= 0.6 is 27.5 Å². The predicted molar refractivity (Wildman–Crippen MR) is 80.8 cm³/mol. The minimum Gasteiger partial charge on any atom is -0.322 e. The second kappa shape index (κ2) is 5.89. The van der Waals surface area contributed by atoms with Crippen molar-refractivity contribution in [3.8, 4) is 0 Å². The minimum absolute atomic E-state index is 0.275. The quantitative estimate of drug-likeness (QED) is 0.859. The van der Waals surface area contributed by atoms with Crippen LogP contribution in [0.25, 0.3) is 0 Å². The number of pyridine rings is 1. The molecule has 1 aromatic carbocycles. The van der Waals surface area contributed by atoms with E-state index in [4.69, 9.17) is 11.6 Å². The first kappa shape index (κ1) is 14.9. The number of amides is 1. The zero-order valence-electron chi connectivity index (χ0n) is 10.8. The van der Waals surface area contributed by atoms with Crippen LogP contribution in [-0.2, 0) is 0 Å². The fourth-order valence-electron chi connectivity index (χ4n) is 1.66. The molecule has 104 valence electrons. The van der Waals surface area contributed by atoms with Gasteiger partial charge in [0.1, 0.15) is 5.82 Å². The molecule has 6 heteroatoms. The van der Waals surface area contributed by atoms with Crippen LogP contribution in [-0.4, -0.2) is 10.9 Å². The Morgan fingerprint density at radius 3 is 2.70 bits per heavy atom. The average molecular weight is 358 g/mol. The van der Waals surface area contributed by atoms with E-state index < -0.39 is 0 Å². The number of carbonyl (C=O) groups excluding carboxylic acids is 1. The van der Waals surface area contributed by atoms with Gasteiger partial charge in [-0.25, -0.2) is 4.39 Å². The number of hydrogen-bond acceptors (Lipinski definition) is 2. The van der Waals surface area contributed by atoms with Crippen molar-refractivity contribution >= 4 is 39.1 Å². The zero-order chi connectivity index (χ0) is 14.9. The first-order chi connectivity index (χ1) is 9.38. The van der Waals surface area contributed by atoms with Crippen molar-refractivity contribution in [2.75, 3.05) is 5.32 Å². The number of hydrogen-bond donors (Lipinski definition) is 1. The monoisotopic (exact) mass is 356 g/mol. The Morgan fingerprint density at radius 1 is 1.35 bits per heavy atom. The highest BCUT2D eigenvalue weighted by Gasteiger charge is 2.13. The Morgan fingerprint density at radius 2 is 2.05 bits per heavy atom. The van der Waals surface area contributed by atoms with E-state index in [0.29, 0.717) is 16.3 Å². The second-order valence-corrected chi connectivity index (χ2v) is 5.60. The third kappa shape index (κ3) is 3.16. The molecule has 0 fully saturated rings. The summed E-state index contributed by atoms with van der Waals surface area (Å²) in [7, 11) is 0. The maximum Gasteiger partial charge on any atom is 0.258 e. The number of halogens is 3. The van der Waals surface area contributed by atoms with E-state index in [1.807, 2.05) is 0 Å². The average Bonchev–Trinajstić information content (AvgIpc) is 2.35. The molecule has 0 radical (unpaired) electrons. The van der Waals surface area contributed by atoms with Crippen molar-refractivity contribution in [2.24, 2.45) is 0 Å². The summed E-state index contributed by atoms with van der Waals surface area (Å²) in [6.07, 6.45) is 1.42. The number of nitrogens with one attached hydrogen (secondary N) is 1. The molecule has 1 N–H and O–H groups in total. The van der Waals surface area contributed by atoms with Gasteiger partial charge in [0.2, 0.25) is 0 Å². The summed E-state index contributed by atoms with van der Waals surface area (Å²) in [6.45, 7) is 3.49. The van der Waals surface area contributed by atoms with Crippen molar-refractivity contribution in [3.63, 3.8) is 0 Å². The van der Waals surface area contributed by atoms with Gasteiger partial charge in [-0.05, 0) is 53.5 Å². The Labute approximate surface area is 129 Å². The van der Waals surface area contributed by atoms with Gasteiger partial charge in [-0.1, -0.05) is 11.6 Å². The second-order valence-electron chi connectivity index (χ2n) is 4.34. The number of aryl methyl sites for hydroxylation is 2. The third-order valence-corrected chi connectivity index (χ3v) is 3.67. The molecule has 2 rings (SSSR count). The number of rotatable bonds is 2. The first-order valence-corrected chi connectivity index (χ1v) is 6.94. The van der Waals surface area contributed by atoms with Gasteiger partial charge in [0, 0.05) is 17.6 Å². The van der Waals surface area contributed by atoms with Crippen LogP contribution in [0.5, 0.6) is 0 Å². The number of aromatic nitrogens is 1. The maximum absolute atomic E-state index is 13.3. The van der Waals surface area contributed by atoms with Crippen LogP contribution in [0.4, 0.5) is 10.1 Å². The maximum atomic E-state index is 13.3. The van der Waals surface area contributed by atoms with Crippen LogP contribution in [0, 0.1) is 19.7 Å². The van der Waals surface area contributed by atoms with Gasteiger partial charge in [0.25, 0.3) is 5.91 Å². The molecule has 1 heterocycles. The molecule has 20 heavy (non-hydrogen) atoms. The van der Waals surface area contributed by atoms with Gasteiger partial charge >= 0.3 is 0 Å². The molecule has 0 unspecified atom stereocenters. The fourth-order valence-corrected chi connectivity index (χ4v) is 2.30. The number of benzene rings is 1. The Balaban J connectivity index is 2.30. The van der Waals surface area contributed by atoms with Crippen molar-refractivity contribution in [3.05, 3.63) is 56.5 Å².